The first-order chi connectivity index (χ1) is 11.9. The molecular weight excluding hydrogens is 334 g/mol. The molecule has 1 aromatic rings. The largest absolute Gasteiger partial charge is 0.341 e. The fourth-order valence-electron chi connectivity index (χ4n) is 2.86. The first-order valence-corrected chi connectivity index (χ1v) is 9.74. The smallest absolute Gasteiger partial charge is 0.247 e. The highest BCUT2D eigenvalue weighted by molar-refractivity contribution is 7.10. The standard InChI is InChI=1S/C19H29N3O2S/c1-14(2)12-17(19(24)22-9-7-21(4)8-10-22)20-18(23)15(3)13-16-6-5-11-25-16/h5-6,11,13-14,17H,7-10,12H2,1-4H3,(H,20,23)/b15-13+/t17-/m0/s1. The molecule has 0 aromatic carbocycles. The van der Waals surface area contributed by atoms with E-state index >= 15 is 0 Å². The topological polar surface area (TPSA) is 52.7 Å². The quantitative estimate of drug-likeness (QED) is 0.790. The third kappa shape index (κ3) is 5.97. The molecule has 0 saturated carbocycles. The van der Waals surface area contributed by atoms with Gasteiger partial charge in [0.05, 0.1) is 0 Å². The molecule has 0 radical (unpaired) electrons. The zero-order valence-corrected chi connectivity index (χ0v) is 16.4. The van der Waals surface area contributed by atoms with Crippen molar-refractivity contribution in [3.8, 4) is 0 Å². The summed E-state index contributed by atoms with van der Waals surface area (Å²) in [7, 11) is 2.06. The van der Waals surface area contributed by atoms with Gasteiger partial charge in [0, 0.05) is 36.6 Å². The van der Waals surface area contributed by atoms with Crippen LogP contribution in [-0.4, -0.2) is 60.9 Å². The van der Waals surface area contributed by atoms with Crippen molar-refractivity contribution in [3.05, 3.63) is 28.0 Å². The second-order valence-electron chi connectivity index (χ2n) is 7.13. The third-order valence-electron chi connectivity index (χ3n) is 4.39. The van der Waals surface area contributed by atoms with E-state index in [-0.39, 0.29) is 11.8 Å². The molecule has 6 heteroatoms. The molecule has 5 nitrogen and oxygen atoms in total. The molecule has 1 N–H and O–H groups in total. The van der Waals surface area contributed by atoms with E-state index in [0.717, 1.165) is 31.1 Å². The van der Waals surface area contributed by atoms with Crippen molar-refractivity contribution in [3.63, 3.8) is 0 Å². The van der Waals surface area contributed by atoms with Crippen molar-refractivity contribution in [2.45, 2.75) is 33.2 Å². The summed E-state index contributed by atoms with van der Waals surface area (Å²) in [6.45, 7) is 9.15. The van der Waals surface area contributed by atoms with Crippen molar-refractivity contribution in [2.24, 2.45) is 5.92 Å². The van der Waals surface area contributed by atoms with Crippen LogP contribution in [0.15, 0.2) is 23.1 Å². The summed E-state index contributed by atoms with van der Waals surface area (Å²) < 4.78 is 0. The minimum atomic E-state index is -0.456. The second-order valence-corrected chi connectivity index (χ2v) is 8.11. The number of nitrogens with one attached hydrogen (secondary N) is 1. The normalized spacial score (nSPS) is 17.6. The molecule has 0 bridgehead atoms. The van der Waals surface area contributed by atoms with Gasteiger partial charge in [-0.25, -0.2) is 0 Å². The number of thiophene rings is 1. The van der Waals surface area contributed by atoms with Gasteiger partial charge < -0.3 is 15.1 Å². The Bertz CT molecular complexity index is 602. The molecule has 1 aromatic heterocycles. The Hall–Kier alpha value is -1.66. The molecule has 2 amide bonds. The number of likely N-dealkylation sites (N-methyl/N-ethyl adjacent to an activating group) is 1. The number of amides is 2. The molecule has 25 heavy (non-hydrogen) atoms. The van der Waals surface area contributed by atoms with E-state index in [1.165, 1.54) is 0 Å². The van der Waals surface area contributed by atoms with Crippen LogP contribution in [0.25, 0.3) is 6.08 Å². The van der Waals surface area contributed by atoms with Crippen LogP contribution in [0.3, 0.4) is 0 Å². The fraction of sp³-hybridized carbons (Fsp3) is 0.579. The maximum Gasteiger partial charge on any atom is 0.247 e. The van der Waals surface area contributed by atoms with Gasteiger partial charge in [-0.3, -0.25) is 9.59 Å². The van der Waals surface area contributed by atoms with Gasteiger partial charge in [0.15, 0.2) is 0 Å². The molecule has 0 spiro atoms. The first-order valence-electron chi connectivity index (χ1n) is 8.87. The molecule has 0 unspecified atom stereocenters. The predicted molar refractivity (Wildman–Crippen MR) is 103 cm³/mol. The number of hydrogen-bond donors (Lipinski definition) is 1. The second kappa shape index (κ2) is 9.15. The lowest BCUT2D eigenvalue weighted by molar-refractivity contribution is -0.137. The Labute approximate surface area is 154 Å². The highest BCUT2D eigenvalue weighted by Crippen LogP contribution is 2.15. The minimum absolute atomic E-state index is 0.0408. The zero-order chi connectivity index (χ0) is 18.4. The van der Waals surface area contributed by atoms with E-state index in [2.05, 4.69) is 31.1 Å². The van der Waals surface area contributed by atoms with Crippen LogP contribution >= 0.6 is 11.3 Å². The van der Waals surface area contributed by atoms with Gasteiger partial charge in [-0.05, 0) is 43.8 Å². The van der Waals surface area contributed by atoms with Crippen LogP contribution in [0, 0.1) is 5.92 Å². The van der Waals surface area contributed by atoms with Gasteiger partial charge in [-0.1, -0.05) is 19.9 Å². The van der Waals surface area contributed by atoms with Gasteiger partial charge in [0.2, 0.25) is 11.8 Å². The highest BCUT2D eigenvalue weighted by atomic mass is 32.1. The maximum absolute atomic E-state index is 12.9. The van der Waals surface area contributed by atoms with E-state index in [0.29, 0.717) is 17.9 Å². The molecular formula is C19H29N3O2S. The lowest BCUT2D eigenvalue weighted by atomic mass is 10.0. The minimum Gasteiger partial charge on any atom is -0.341 e. The molecule has 1 saturated heterocycles. The Balaban J connectivity index is 2.03. The fourth-order valence-corrected chi connectivity index (χ4v) is 3.58. The van der Waals surface area contributed by atoms with Crippen LogP contribution in [-0.2, 0) is 9.59 Å². The Morgan fingerprint density at radius 2 is 1.96 bits per heavy atom. The molecule has 1 fully saturated rings. The van der Waals surface area contributed by atoms with Crippen molar-refractivity contribution in [1.29, 1.82) is 0 Å². The van der Waals surface area contributed by atoms with Crippen molar-refractivity contribution >= 4 is 29.2 Å². The SMILES string of the molecule is C/C(=C\c1cccs1)C(=O)N[C@@H](CC(C)C)C(=O)N1CCN(C)CC1. The molecule has 2 rings (SSSR count). The van der Waals surface area contributed by atoms with Crippen molar-refractivity contribution in [2.75, 3.05) is 33.2 Å². The van der Waals surface area contributed by atoms with Gasteiger partial charge >= 0.3 is 0 Å². The van der Waals surface area contributed by atoms with Gasteiger partial charge in [0.25, 0.3) is 0 Å². The monoisotopic (exact) mass is 363 g/mol. The van der Waals surface area contributed by atoms with Crippen LogP contribution in [0.2, 0.25) is 0 Å². The lowest BCUT2D eigenvalue weighted by Gasteiger charge is -2.35. The maximum atomic E-state index is 12.9. The predicted octanol–water partition coefficient (Wildman–Crippen LogP) is 2.46. The Morgan fingerprint density at radius 3 is 2.52 bits per heavy atom. The van der Waals surface area contributed by atoms with E-state index in [9.17, 15) is 9.59 Å². The van der Waals surface area contributed by atoms with E-state index < -0.39 is 6.04 Å². The summed E-state index contributed by atoms with van der Waals surface area (Å²) in [5, 5.41) is 4.94. The zero-order valence-electron chi connectivity index (χ0n) is 15.6. The van der Waals surface area contributed by atoms with E-state index in [1.54, 1.807) is 18.3 Å². The Morgan fingerprint density at radius 1 is 1.28 bits per heavy atom. The summed E-state index contributed by atoms with van der Waals surface area (Å²) in [6, 6.07) is 3.48. The number of carbonyl (C=O) groups excluding carboxylic acids is 2. The van der Waals surface area contributed by atoms with Crippen LogP contribution in [0.4, 0.5) is 0 Å². The van der Waals surface area contributed by atoms with Gasteiger partial charge in [-0.2, -0.15) is 0 Å². The summed E-state index contributed by atoms with van der Waals surface area (Å²) in [6.07, 6.45) is 2.52. The van der Waals surface area contributed by atoms with E-state index in [4.69, 9.17) is 0 Å². The van der Waals surface area contributed by atoms with Crippen molar-refractivity contribution in [1.82, 2.24) is 15.1 Å². The molecule has 0 aliphatic carbocycles. The summed E-state index contributed by atoms with van der Waals surface area (Å²) in [4.78, 5) is 30.6. The third-order valence-corrected chi connectivity index (χ3v) is 5.20. The first kappa shape index (κ1) is 19.7. The Kier molecular flexibility index (Phi) is 7.20. The highest BCUT2D eigenvalue weighted by Gasteiger charge is 2.28. The summed E-state index contributed by atoms with van der Waals surface area (Å²) in [5.41, 5.74) is 0.627. The lowest BCUT2D eigenvalue weighted by Crippen LogP contribution is -2.54. The average molecular weight is 364 g/mol. The van der Waals surface area contributed by atoms with Gasteiger partial charge in [0.1, 0.15) is 6.04 Å². The summed E-state index contributed by atoms with van der Waals surface area (Å²) in [5.74, 6) is 0.212. The van der Waals surface area contributed by atoms with Crippen LogP contribution in [0.1, 0.15) is 32.1 Å². The molecule has 1 aliphatic heterocycles. The molecule has 1 aliphatic rings. The number of piperazine rings is 1. The molecule has 1 atom stereocenters. The van der Waals surface area contributed by atoms with E-state index in [1.807, 2.05) is 28.5 Å². The number of carbonyl (C=O) groups is 2. The number of hydrogen-bond acceptors (Lipinski definition) is 4. The number of rotatable bonds is 6. The number of nitrogens with zero attached hydrogens (tertiary/aromatic N) is 2. The van der Waals surface area contributed by atoms with Crippen LogP contribution < -0.4 is 5.32 Å². The van der Waals surface area contributed by atoms with Gasteiger partial charge in [-0.15, -0.1) is 11.3 Å². The average Bonchev–Trinajstić information content (AvgIpc) is 3.06. The molecule has 138 valence electrons. The van der Waals surface area contributed by atoms with Crippen LogP contribution in [0.5, 0.6) is 0 Å². The summed E-state index contributed by atoms with van der Waals surface area (Å²) >= 11 is 1.59. The molecule has 2 heterocycles. The van der Waals surface area contributed by atoms with Crippen molar-refractivity contribution < 1.29 is 9.59 Å².